The fourth-order valence-electron chi connectivity index (χ4n) is 3.19. The van der Waals surface area contributed by atoms with Crippen molar-refractivity contribution in [1.82, 2.24) is 15.1 Å². The minimum absolute atomic E-state index is 0.241. The normalized spacial score (nSPS) is 21.3. The van der Waals surface area contributed by atoms with Gasteiger partial charge in [-0.05, 0) is 32.1 Å². The minimum Gasteiger partial charge on any atom is -0.312 e. The van der Waals surface area contributed by atoms with Crippen LogP contribution in [0.25, 0.3) is 0 Å². The Morgan fingerprint density at radius 3 is 2.45 bits per heavy atom. The van der Waals surface area contributed by atoms with E-state index in [0.717, 1.165) is 54.9 Å². The first-order valence-electron chi connectivity index (χ1n) is 8.20. The highest BCUT2D eigenvalue weighted by Crippen LogP contribution is 2.34. The average Bonchev–Trinajstić information content (AvgIpc) is 2.50. The molecule has 124 valence electrons. The molecule has 2 unspecified atom stereocenters. The summed E-state index contributed by atoms with van der Waals surface area (Å²) in [7, 11) is 0. The molecule has 1 N–H and O–H groups in total. The molecule has 1 aliphatic rings. The van der Waals surface area contributed by atoms with Crippen LogP contribution in [0.1, 0.15) is 32.4 Å². The molecule has 1 fully saturated rings. The molecule has 22 heavy (non-hydrogen) atoms. The van der Waals surface area contributed by atoms with Crippen LogP contribution in [0.2, 0.25) is 10.0 Å². The van der Waals surface area contributed by atoms with Gasteiger partial charge in [-0.3, -0.25) is 4.90 Å². The molecule has 0 spiro atoms. The molecule has 1 aromatic rings. The number of nitrogens with zero attached hydrogens (tertiary/aromatic N) is 2. The van der Waals surface area contributed by atoms with Gasteiger partial charge in [0, 0.05) is 47.8 Å². The fourth-order valence-corrected chi connectivity index (χ4v) is 3.84. The topological polar surface area (TPSA) is 18.5 Å². The molecule has 0 bridgehead atoms. The summed E-state index contributed by atoms with van der Waals surface area (Å²) in [4.78, 5) is 4.96. The van der Waals surface area contributed by atoms with Crippen molar-refractivity contribution in [3.63, 3.8) is 0 Å². The van der Waals surface area contributed by atoms with Crippen molar-refractivity contribution >= 4 is 23.2 Å². The largest absolute Gasteiger partial charge is 0.312 e. The van der Waals surface area contributed by atoms with Crippen LogP contribution in [-0.4, -0.2) is 55.1 Å². The van der Waals surface area contributed by atoms with Crippen LogP contribution in [0.3, 0.4) is 0 Å². The Balaban J connectivity index is 2.32. The Hall–Kier alpha value is -0.320. The zero-order valence-electron chi connectivity index (χ0n) is 13.8. The SMILES string of the molecule is CCN(CC)CC(c1c(Cl)cccc1Cl)N1CCNC(C)C1. The molecule has 1 aromatic carbocycles. The number of likely N-dealkylation sites (N-methyl/N-ethyl adjacent to an activating group) is 1. The zero-order chi connectivity index (χ0) is 16.1. The third-order valence-electron chi connectivity index (χ3n) is 4.50. The number of benzene rings is 1. The van der Waals surface area contributed by atoms with Crippen molar-refractivity contribution in [2.75, 3.05) is 39.3 Å². The molecule has 1 aliphatic heterocycles. The van der Waals surface area contributed by atoms with Gasteiger partial charge < -0.3 is 10.2 Å². The number of halogens is 2. The lowest BCUT2D eigenvalue weighted by molar-refractivity contribution is 0.113. The van der Waals surface area contributed by atoms with Gasteiger partial charge in [0.1, 0.15) is 0 Å². The molecule has 1 saturated heterocycles. The lowest BCUT2D eigenvalue weighted by Crippen LogP contribution is -2.52. The Morgan fingerprint density at radius 1 is 1.27 bits per heavy atom. The lowest BCUT2D eigenvalue weighted by atomic mass is 10.0. The Labute approximate surface area is 144 Å². The lowest BCUT2D eigenvalue weighted by Gasteiger charge is -2.40. The van der Waals surface area contributed by atoms with Gasteiger partial charge in [0.15, 0.2) is 0 Å². The van der Waals surface area contributed by atoms with Crippen LogP contribution >= 0.6 is 23.2 Å². The zero-order valence-corrected chi connectivity index (χ0v) is 15.3. The van der Waals surface area contributed by atoms with Crippen LogP contribution in [0.4, 0.5) is 0 Å². The third-order valence-corrected chi connectivity index (χ3v) is 5.16. The second-order valence-electron chi connectivity index (χ2n) is 5.99. The molecule has 0 aromatic heterocycles. The highest BCUT2D eigenvalue weighted by Gasteiger charge is 2.29. The van der Waals surface area contributed by atoms with Crippen molar-refractivity contribution in [3.05, 3.63) is 33.8 Å². The molecule has 2 rings (SSSR count). The van der Waals surface area contributed by atoms with Gasteiger partial charge in [0.25, 0.3) is 0 Å². The van der Waals surface area contributed by atoms with Gasteiger partial charge in [0.2, 0.25) is 0 Å². The molecular formula is C17H27Cl2N3. The van der Waals surface area contributed by atoms with Gasteiger partial charge >= 0.3 is 0 Å². The summed E-state index contributed by atoms with van der Waals surface area (Å²) in [6.07, 6.45) is 0. The molecule has 2 atom stereocenters. The standard InChI is InChI=1S/C17H27Cl2N3/c1-4-21(5-2)12-16(22-10-9-20-13(3)11-22)17-14(18)7-6-8-15(17)19/h6-8,13,16,20H,4-5,9-12H2,1-3H3. The molecule has 0 radical (unpaired) electrons. The summed E-state index contributed by atoms with van der Waals surface area (Å²) in [6, 6.07) is 6.55. The van der Waals surface area contributed by atoms with E-state index in [1.165, 1.54) is 0 Å². The van der Waals surface area contributed by atoms with E-state index in [2.05, 4.69) is 35.9 Å². The molecule has 5 heteroatoms. The second kappa shape index (κ2) is 8.51. The van der Waals surface area contributed by atoms with E-state index in [1.54, 1.807) is 0 Å². The number of hydrogen-bond donors (Lipinski definition) is 1. The maximum Gasteiger partial charge on any atom is 0.0505 e. The molecular weight excluding hydrogens is 317 g/mol. The van der Waals surface area contributed by atoms with E-state index in [1.807, 2.05) is 18.2 Å². The smallest absolute Gasteiger partial charge is 0.0505 e. The van der Waals surface area contributed by atoms with E-state index in [4.69, 9.17) is 23.2 Å². The maximum atomic E-state index is 6.50. The van der Waals surface area contributed by atoms with Crippen LogP contribution in [0.15, 0.2) is 18.2 Å². The van der Waals surface area contributed by atoms with Crippen molar-refractivity contribution in [1.29, 1.82) is 0 Å². The highest BCUT2D eigenvalue weighted by molar-refractivity contribution is 6.36. The minimum atomic E-state index is 0.241. The van der Waals surface area contributed by atoms with Gasteiger partial charge in [0.05, 0.1) is 6.04 Å². The van der Waals surface area contributed by atoms with Crippen LogP contribution < -0.4 is 5.32 Å². The Morgan fingerprint density at radius 2 is 1.91 bits per heavy atom. The fraction of sp³-hybridized carbons (Fsp3) is 0.647. The van der Waals surface area contributed by atoms with Gasteiger partial charge in [-0.2, -0.15) is 0 Å². The summed E-state index contributed by atoms with van der Waals surface area (Å²) < 4.78 is 0. The summed E-state index contributed by atoms with van der Waals surface area (Å²) in [5.41, 5.74) is 1.08. The van der Waals surface area contributed by atoms with Crippen LogP contribution in [-0.2, 0) is 0 Å². The van der Waals surface area contributed by atoms with Crippen molar-refractivity contribution in [2.45, 2.75) is 32.9 Å². The number of hydrogen-bond acceptors (Lipinski definition) is 3. The molecule has 0 aliphatic carbocycles. The van der Waals surface area contributed by atoms with Crippen molar-refractivity contribution in [2.24, 2.45) is 0 Å². The van der Waals surface area contributed by atoms with E-state index < -0.39 is 0 Å². The predicted octanol–water partition coefficient (Wildman–Crippen LogP) is 3.67. The number of piperazine rings is 1. The highest BCUT2D eigenvalue weighted by atomic mass is 35.5. The first kappa shape index (κ1) is 18.0. The Kier molecular flexibility index (Phi) is 6.97. The number of nitrogens with one attached hydrogen (secondary N) is 1. The van der Waals surface area contributed by atoms with Crippen LogP contribution in [0.5, 0.6) is 0 Å². The van der Waals surface area contributed by atoms with Gasteiger partial charge in [-0.25, -0.2) is 0 Å². The monoisotopic (exact) mass is 343 g/mol. The Bertz CT molecular complexity index is 457. The van der Waals surface area contributed by atoms with Gasteiger partial charge in [-0.15, -0.1) is 0 Å². The first-order chi connectivity index (χ1) is 10.6. The summed E-state index contributed by atoms with van der Waals surface area (Å²) >= 11 is 13.0. The predicted molar refractivity (Wildman–Crippen MR) is 96.0 cm³/mol. The number of rotatable bonds is 6. The van der Waals surface area contributed by atoms with Gasteiger partial charge in [-0.1, -0.05) is 43.1 Å². The second-order valence-corrected chi connectivity index (χ2v) is 6.80. The molecule has 3 nitrogen and oxygen atoms in total. The first-order valence-corrected chi connectivity index (χ1v) is 8.96. The summed E-state index contributed by atoms with van der Waals surface area (Å²) in [5.74, 6) is 0. The van der Waals surface area contributed by atoms with Crippen molar-refractivity contribution < 1.29 is 0 Å². The van der Waals surface area contributed by atoms with E-state index in [0.29, 0.717) is 6.04 Å². The van der Waals surface area contributed by atoms with Crippen LogP contribution in [0, 0.1) is 0 Å². The van der Waals surface area contributed by atoms with Crippen molar-refractivity contribution in [3.8, 4) is 0 Å². The van der Waals surface area contributed by atoms with E-state index in [9.17, 15) is 0 Å². The quantitative estimate of drug-likeness (QED) is 0.849. The molecule has 0 saturated carbocycles. The van der Waals surface area contributed by atoms with E-state index in [-0.39, 0.29) is 6.04 Å². The maximum absolute atomic E-state index is 6.50. The molecule has 1 heterocycles. The third kappa shape index (κ3) is 4.36. The average molecular weight is 344 g/mol. The molecule has 0 amide bonds. The summed E-state index contributed by atoms with van der Waals surface area (Å²) in [5, 5.41) is 5.06. The van der Waals surface area contributed by atoms with E-state index >= 15 is 0 Å². The summed E-state index contributed by atoms with van der Waals surface area (Å²) in [6.45, 7) is 12.7.